The summed E-state index contributed by atoms with van der Waals surface area (Å²) in [6.45, 7) is 2.92. The predicted octanol–water partition coefficient (Wildman–Crippen LogP) is 3.17. The molecule has 1 aliphatic rings. The lowest BCUT2D eigenvalue weighted by Gasteiger charge is -2.28. The normalized spacial score (nSPS) is 14.8. The van der Waals surface area contributed by atoms with Crippen molar-refractivity contribution >= 4 is 39.4 Å². The third-order valence-electron chi connectivity index (χ3n) is 4.14. The third-order valence-corrected chi connectivity index (χ3v) is 5.02. The summed E-state index contributed by atoms with van der Waals surface area (Å²) in [6, 6.07) is 9.08. The molecule has 3 heterocycles. The van der Waals surface area contributed by atoms with Gasteiger partial charge in [-0.15, -0.1) is 0 Å². The van der Waals surface area contributed by atoms with E-state index < -0.39 is 0 Å². The molecule has 1 aliphatic heterocycles. The van der Waals surface area contributed by atoms with E-state index in [1.54, 1.807) is 18.2 Å². The zero-order valence-corrected chi connectivity index (χ0v) is 15.7. The molecule has 0 aliphatic carbocycles. The van der Waals surface area contributed by atoms with E-state index in [4.69, 9.17) is 14.7 Å². The van der Waals surface area contributed by atoms with Crippen molar-refractivity contribution in [2.24, 2.45) is 0 Å². The molecule has 0 radical (unpaired) electrons. The lowest BCUT2D eigenvalue weighted by Crippen LogP contribution is -2.37. The van der Waals surface area contributed by atoms with Crippen LogP contribution in [-0.4, -0.2) is 46.4 Å². The van der Waals surface area contributed by atoms with Gasteiger partial charge in [0.15, 0.2) is 11.6 Å². The molecule has 7 heteroatoms. The van der Waals surface area contributed by atoms with E-state index in [0.29, 0.717) is 19.0 Å². The molecule has 1 saturated heterocycles. The fourth-order valence-electron chi connectivity index (χ4n) is 2.89. The molecule has 6 nitrogen and oxygen atoms in total. The molecular weight excluding hydrogens is 431 g/mol. The summed E-state index contributed by atoms with van der Waals surface area (Å²) in [5, 5.41) is 9.79. The number of fused-ring (bicyclic) bond motifs is 1. The second-order valence-electron chi connectivity index (χ2n) is 5.87. The number of morpholine rings is 1. The maximum absolute atomic E-state index is 9.79. The number of ether oxygens (including phenoxy) is 1. The molecule has 0 unspecified atom stereocenters. The molecule has 0 bridgehead atoms. The number of halogens is 1. The van der Waals surface area contributed by atoms with Crippen LogP contribution in [0.15, 0.2) is 36.5 Å². The molecule has 0 saturated carbocycles. The van der Waals surface area contributed by atoms with Gasteiger partial charge < -0.3 is 14.7 Å². The number of alkyl halides is 1. The van der Waals surface area contributed by atoms with E-state index in [9.17, 15) is 5.11 Å². The van der Waals surface area contributed by atoms with Crippen LogP contribution in [0.3, 0.4) is 0 Å². The molecule has 0 atom stereocenters. The average Bonchev–Trinajstić information content (AvgIpc) is 2.67. The summed E-state index contributed by atoms with van der Waals surface area (Å²) >= 11 is 2.32. The van der Waals surface area contributed by atoms with Crippen LogP contribution in [0.1, 0.15) is 5.56 Å². The van der Waals surface area contributed by atoms with E-state index in [1.807, 2.05) is 12.3 Å². The highest BCUT2D eigenvalue weighted by Gasteiger charge is 2.19. The molecule has 0 amide bonds. The number of anilines is 1. The summed E-state index contributed by atoms with van der Waals surface area (Å²) in [5.41, 5.74) is 3.54. The molecule has 1 fully saturated rings. The summed E-state index contributed by atoms with van der Waals surface area (Å²) in [5.74, 6) is 1.62. The number of aromatic hydroxyl groups is 1. The zero-order chi connectivity index (χ0) is 17.2. The van der Waals surface area contributed by atoms with Crippen molar-refractivity contribution in [2.45, 2.75) is 4.43 Å². The van der Waals surface area contributed by atoms with Crippen molar-refractivity contribution in [2.75, 3.05) is 31.2 Å². The smallest absolute Gasteiger partial charge is 0.162 e. The van der Waals surface area contributed by atoms with E-state index in [0.717, 1.165) is 45.5 Å². The Labute approximate surface area is 159 Å². The lowest BCUT2D eigenvalue weighted by atomic mass is 10.2. The van der Waals surface area contributed by atoms with Crippen LogP contribution in [0, 0.1) is 0 Å². The number of phenols is 1. The summed E-state index contributed by atoms with van der Waals surface area (Å²) in [7, 11) is 0. The van der Waals surface area contributed by atoms with Gasteiger partial charge in [-0.25, -0.2) is 9.97 Å². The van der Waals surface area contributed by atoms with Crippen LogP contribution in [0.5, 0.6) is 5.75 Å². The highest BCUT2D eigenvalue weighted by atomic mass is 127. The fraction of sp³-hybridized carbons (Fsp3) is 0.278. The highest BCUT2D eigenvalue weighted by Crippen LogP contribution is 2.28. The Morgan fingerprint density at radius 1 is 1.16 bits per heavy atom. The minimum atomic E-state index is 0.202. The molecule has 4 rings (SSSR count). The van der Waals surface area contributed by atoms with E-state index in [-0.39, 0.29) is 5.75 Å². The van der Waals surface area contributed by atoms with Crippen molar-refractivity contribution in [1.82, 2.24) is 15.0 Å². The van der Waals surface area contributed by atoms with Gasteiger partial charge in [0.1, 0.15) is 11.3 Å². The summed E-state index contributed by atoms with van der Waals surface area (Å²) < 4.78 is 6.33. The number of hydrogen-bond acceptors (Lipinski definition) is 6. The van der Waals surface area contributed by atoms with Gasteiger partial charge in [0.05, 0.1) is 18.7 Å². The van der Waals surface area contributed by atoms with Gasteiger partial charge in [-0.05, 0) is 23.8 Å². The first-order valence-electron chi connectivity index (χ1n) is 8.09. The number of hydrogen-bond donors (Lipinski definition) is 1. The minimum Gasteiger partial charge on any atom is -0.508 e. The maximum atomic E-state index is 9.79. The van der Waals surface area contributed by atoms with Crippen molar-refractivity contribution in [3.63, 3.8) is 0 Å². The molecule has 25 heavy (non-hydrogen) atoms. The van der Waals surface area contributed by atoms with Crippen molar-refractivity contribution < 1.29 is 9.84 Å². The summed E-state index contributed by atoms with van der Waals surface area (Å²) in [6.07, 6.45) is 1.89. The van der Waals surface area contributed by atoms with Crippen LogP contribution >= 0.6 is 22.6 Å². The molecule has 2 aromatic heterocycles. The van der Waals surface area contributed by atoms with Gasteiger partial charge in [0, 0.05) is 29.3 Å². The quantitative estimate of drug-likeness (QED) is 0.491. The van der Waals surface area contributed by atoms with Crippen molar-refractivity contribution in [1.29, 1.82) is 0 Å². The zero-order valence-electron chi connectivity index (χ0n) is 13.5. The fourth-order valence-corrected chi connectivity index (χ4v) is 3.30. The Morgan fingerprint density at radius 2 is 2.00 bits per heavy atom. The first-order valence-corrected chi connectivity index (χ1v) is 9.62. The van der Waals surface area contributed by atoms with Crippen LogP contribution in [-0.2, 0) is 9.16 Å². The van der Waals surface area contributed by atoms with Gasteiger partial charge in [-0.3, -0.25) is 4.98 Å². The Morgan fingerprint density at radius 3 is 2.76 bits per heavy atom. The minimum absolute atomic E-state index is 0.202. The number of phenolic OH excluding ortho intramolecular Hbond substituents is 1. The monoisotopic (exact) mass is 448 g/mol. The Bertz CT molecular complexity index is 913. The predicted molar refractivity (Wildman–Crippen MR) is 105 cm³/mol. The van der Waals surface area contributed by atoms with Gasteiger partial charge in [-0.1, -0.05) is 34.7 Å². The topological polar surface area (TPSA) is 71.4 Å². The molecular formula is C18H17IN4O2. The molecule has 128 valence electrons. The van der Waals surface area contributed by atoms with Crippen LogP contribution in [0.4, 0.5) is 5.82 Å². The molecule has 1 N–H and O–H groups in total. The third kappa shape index (κ3) is 3.38. The van der Waals surface area contributed by atoms with Crippen molar-refractivity contribution in [3.8, 4) is 17.1 Å². The SMILES string of the molecule is Oc1cccc(-c2nc(N3CCOCC3)c3ncc(CI)cc3n2)c1. The average molecular weight is 448 g/mol. The van der Waals surface area contributed by atoms with Gasteiger partial charge in [0.25, 0.3) is 0 Å². The van der Waals surface area contributed by atoms with Crippen LogP contribution < -0.4 is 4.90 Å². The number of benzene rings is 1. The van der Waals surface area contributed by atoms with E-state index in [1.165, 1.54) is 0 Å². The van der Waals surface area contributed by atoms with Gasteiger partial charge in [0.2, 0.25) is 0 Å². The number of aromatic nitrogens is 3. The van der Waals surface area contributed by atoms with E-state index >= 15 is 0 Å². The maximum Gasteiger partial charge on any atom is 0.162 e. The molecule has 3 aromatic rings. The second kappa shape index (κ2) is 7.09. The van der Waals surface area contributed by atoms with Crippen LogP contribution in [0.2, 0.25) is 0 Å². The second-order valence-corrected chi connectivity index (χ2v) is 6.63. The Balaban J connectivity index is 1.91. The highest BCUT2D eigenvalue weighted by molar-refractivity contribution is 14.1. The van der Waals surface area contributed by atoms with Gasteiger partial charge >= 0.3 is 0 Å². The summed E-state index contributed by atoms with van der Waals surface area (Å²) in [4.78, 5) is 16.3. The first kappa shape index (κ1) is 16.5. The molecule has 1 aromatic carbocycles. The lowest BCUT2D eigenvalue weighted by molar-refractivity contribution is 0.122. The number of rotatable bonds is 3. The van der Waals surface area contributed by atoms with Crippen LogP contribution in [0.25, 0.3) is 22.4 Å². The number of pyridine rings is 1. The Hall–Kier alpha value is -2.00. The Kier molecular flexibility index (Phi) is 4.67. The standard InChI is InChI=1S/C18H17IN4O2/c19-10-12-8-15-16(20-11-12)18(23-4-6-25-7-5-23)22-17(21-15)13-2-1-3-14(24)9-13/h1-3,8-9,11,24H,4-7,10H2. The van der Waals surface area contributed by atoms with Gasteiger partial charge in [-0.2, -0.15) is 0 Å². The molecule has 0 spiro atoms. The largest absolute Gasteiger partial charge is 0.508 e. The number of nitrogens with zero attached hydrogens (tertiary/aromatic N) is 4. The first-order chi connectivity index (χ1) is 12.2. The van der Waals surface area contributed by atoms with Crippen molar-refractivity contribution in [3.05, 3.63) is 42.1 Å². The van der Waals surface area contributed by atoms with E-state index in [2.05, 4.69) is 38.5 Å².